The van der Waals surface area contributed by atoms with Crippen molar-refractivity contribution in [3.63, 3.8) is 0 Å². The Hall–Kier alpha value is -3.18. The highest BCUT2D eigenvalue weighted by Gasteiger charge is 2.04. The Labute approximate surface area is 237 Å². The van der Waals surface area contributed by atoms with Gasteiger partial charge in [0.15, 0.2) is 0 Å². The number of benzene rings is 2. The average Bonchev–Trinajstić information content (AvgIpc) is 2.96. The van der Waals surface area contributed by atoms with Crippen LogP contribution in [0.25, 0.3) is 0 Å². The number of anilines is 1. The first-order valence-electron chi connectivity index (χ1n) is 13.8. The van der Waals surface area contributed by atoms with Crippen molar-refractivity contribution in [2.75, 3.05) is 78.4 Å². The van der Waals surface area contributed by atoms with Crippen molar-refractivity contribution in [1.29, 1.82) is 0 Å². The summed E-state index contributed by atoms with van der Waals surface area (Å²) in [4.78, 5) is 23.2. The summed E-state index contributed by atoms with van der Waals surface area (Å²) in [5, 5.41) is 5.36. The maximum atomic E-state index is 12.1. The summed E-state index contributed by atoms with van der Waals surface area (Å²) in [6, 6.07) is 15.2. The van der Waals surface area contributed by atoms with Gasteiger partial charge in [-0.15, -0.1) is 0 Å². The third-order valence-corrected chi connectivity index (χ3v) is 5.50. The van der Waals surface area contributed by atoms with Crippen molar-refractivity contribution in [3.05, 3.63) is 54.1 Å². The van der Waals surface area contributed by atoms with Crippen LogP contribution in [0.4, 0.5) is 5.69 Å². The molecule has 0 aliphatic heterocycles. The van der Waals surface area contributed by atoms with Gasteiger partial charge in [-0.2, -0.15) is 0 Å². The van der Waals surface area contributed by atoms with Crippen LogP contribution in [0.3, 0.4) is 0 Å². The molecule has 10 heteroatoms. The summed E-state index contributed by atoms with van der Waals surface area (Å²) < 4.78 is 33.1. The van der Waals surface area contributed by atoms with E-state index in [-0.39, 0.29) is 24.8 Å². The lowest BCUT2D eigenvalue weighted by atomic mass is 10.2. The minimum absolute atomic E-state index is 0.0744. The summed E-state index contributed by atoms with van der Waals surface area (Å²) in [5.74, 6) is 1.33. The average molecular weight is 561 g/mol. The van der Waals surface area contributed by atoms with E-state index in [9.17, 15) is 9.59 Å². The first-order chi connectivity index (χ1) is 19.6. The first kappa shape index (κ1) is 33.0. The van der Waals surface area contributed by atoms with Gasteiger partial charge in [-0.1, -0.05) is 17.7 Å². The first-order valence-corrected chi connectivity index (χ1v) is 13.8. The molecule has 2 aromatic carbocycles. The summed E-state index contributed by atoms with van der Waals surface area (Å²) in [5.41, 5.74) is 1.91. The molecule has 0 bridgehead atoms. The van der Waals surface area contributed by atoms with Crippen LogP contribution in [0.5, 0.6) is 11.5 Å². The number of rotatable bonds is 23. The van der Waals surface area contributed by atoms with E-state index < -0.39 is 0 Å². The Balaban J connectivity index is 1.38. The normalized spacial score (nSPS) is 10.8. The van der Waals surface area contributed by atoms with Gasteiger partial charge in [0.25, 0.3) is 0 Å². The third kappa shape index (κ3) is 16.7. The lowest BCUT2D eigenvalue weighted by molar-refractivity contribution is -0.125. The smallest absolute Gasteiger partial charge is 0.245 e. The van der Waals surface area contributed by atoms with Crippen molar-refractivity contribution in [2.24, 2.45) is 0 Å². The van der Waals surface area contributed by atoms with Gasteiger partial charge in [-0.3, -0.25) is 9.59 Å². The molecule has 2 aromatic rings. The van der Waals surface area contributed by atoms with Crippen LogP contribution < -0.4 is 20.1 Å². The number of aryl methyl sites for hydroxylation is 1. The highest BCUT2D eigenvalue weighted by molar-refractivity contribution is 5.90. The number of likely N-dealkylation sites (N-methyl/N-ethyl adjacent to an activating group) is 1. The molecule has 222 valence electrons. The van der Waals surface area contributed by atoms with Crippen molar-refractivity contribution in [1.82, 2.24) is 5.32 Å². The summed E-state index contributed by atoms with van der Waals surface area (Å²) in [6.07, 6.45) is 2.53. The van der Waals surface area contributed by atoms with E-state index in [0.29, 0.717) is 65.1 Å². The Morgan fingerprint density at radius 1 is 0.600 bits per heavy atom. The van der Waals surface area contributed by atoms with Crippen LogP contribution in [0, 0.1) is 6.92 Å². The summed E-state index contributed by atoms with van der Waals surface area (Å²) in [6.45, 7) is 6.80. The number of carbonyl (C=O) groups excluding carboxylic acids is 2. The van der Waals surface area contributed by atoms with Gasteiger partial charge in [-0.25, -0.2) is 0 Å². The van der Waals surface area contributed by atoms with E-state index in [0.717, 1.165) is 30.8 Å². The van der Waals surface area contributed by atoms with Gasteiger partial charge >= 0.3 is 0 Å². The van der Waals surface area contributed by atoms with Crippen molar-refractivity contribution < 1.29 is 38.0 Å². The van der Waals surface area contributed by atoms with Gasteiger partial charge in [-0.05, 0) is 56.2 Å². The minimum atomic E-state index is -0.135. The molecule has 0 fully saturated rings. The molecule has 2 amide bonds. The molecule has 0 aliphatic rings. The van der Waals surface area contributed by atoms with E-state index in [1.807, 2.05) is 55.5 Å². The molecule has 0 heterocycles. The molecular formula is C30H44N2O8. The second-order valence-corrected chi connectivity index (χ2v) is 8.96. The van der Waals surface area contributed by atoms with Crippen LogP contribution in [-0.2, 0) is 28.5 Å². The van der Waals surface area contributed by atoms with Gasteiger partial charge in [0.1, 0.15) is 24.7 Å². The molecule has 0 aliphatic carbocycles. The molecule has 2 rings (SSSR count). The van der Waals surface area contributed by atoms with Crippen molar-refractivity contribution >= 4 is 17.5 Å². The zero-order chi connectivity index (χ0) is 28.7. The zero-order valence-electron chi connectivity index (χ0n) is 23.8. The van der Waals surface area contributed by atoms with E-state index >= 15 is 0 Å². The maximum Gasteiger partial charge on any atom is 0.245 e. The van der Waals surface area contributed by atoms with Crippen LogP contribution >= 0.6 is 0 Å². The van der Waals surface area contributed by atoms with Crippen LogP contribution in [0.2, 0.25) is 0 Å². The third-order valence-electron chi connectivity index (χ3n) is 5.50. The molecule has 40 heavy (non-hydrogen) atoms. The fourth-order valence-electron chi connectivity index (χ4n) is 3.30. The summed E-state index contributed by atoms with van der Waals surface area (Å²) in [7, 11) is 1.58. The number of amides is 2. The van der Waals surface area contributed by atoms with E-state index in [1.165, 1.54) is 5.56 Å². The Morgan fingerprint density at radius 3 is 1.77 bits per heavy atom. The zero-order valence-corrected chi connectivity index (χ0v) is 23.8. The fourth-order valence-corrected chi connectivity index (χ4v) is 3.30. The topological polar surface area (TPSA) is 114 Å². The molecule has 0 spiro atoms. The lowest BCUT2D eigenvalue weighted by Crippen LogP contribution is -2.23. The Morgan fingerprint density at radius 2 is 1.12 bits per heavy atom. The molecule has 2 N–H and O–H groups in total. The second-order valence-electron chi connectivity index (χ2n) is 8.96. The molecule has 0 atom stereocenters. The summed E-state index contributed by atoms with van der Waals surface area (Å²) >= 11 is 0. The predicted octanol–water partition coefficient (Wildman–Crippen LogP) is 3.76. The minimum Gasteiger partial charge on any atom is -0.494 e. The molecular weight excluding hydrogens is 516 g/mol. The highest BCUT2D eigenvalue weighted by atomic mass is 16.5. The van der Waals surface area contributed by atoms with E-state index in [2.05, 4.69) is 10.6 Å². The van der Waals surface area contributed by atoms with Crippen molar-refractivity contribution in [2.45, 2.75) is 32.6 Å². The largest absolute Gasteiger partial charge is 0.494 e. The molecule has 0 saturated carbocycles. The lowest BCUT2D eigenvalue weighted by Gasteiger charge is -2.09. The highest BCUT2D eigenvalue weighted by Crippen LogP contribution is 2.16. The molecule has 0 saturated heterocycles. The van der Waals surface area contributed by atoms with Gasteiger partial charge in [0.2, 0.25) is 11.8 Å². The second kappa shape index (κ2) is 21.6. The van der Waals surface area contributed by atoms with Crippen molar-refractivity contribution in [3.8, 4) is 11.5 Å². The SMILES string of the molecule is CNC(=O)COCCCOCCCOc1ccc(NC(=O)CCOCCCOCCOc2ccc(C)cc2)cc1. The fraction of sp³-hybridized carbons (Fsp3) is 0.533. The molecule has 0 aromatic heterocycles. The Kier molecular flexibility index (Phi) is 17.9. The van der Waals surface area contributed by atoms with Crippen LogP contribution in [-0.4, -0.2) is 84.9 Å². The van der Waals surface area contributed by atoms with Crippen LogP contribution in [0.1, 0.15) is 31.2 Å². The standard InChI is InChI=1S/C30H44N2O8/c1-25-6-10-27(11-7-25)40-23-22-37-17-3-16-36-21-14-29(33)32-26-8-12-28(13-9-26)39-20-5-18-35-15-4-19-38-24-30(34)31-2/h6-13H,3-5,14-24H2,1-2H3,(H,31,34)(H,32,33). The number of carbonyl (C=O) groups is 2. The molecule has 0 unspecified atom stereocenters. The van der Waals surface area contributed by atoms with Crippen LogP contribution in [0.15, 0.2) is 48.5 Å². The number of hydrogen-bond donors (Lipinski definition) is 2. The monoisotopic (exact) mass is 560 g/mol. The number of nitrogens with one attached hydrogen (secondary N) is 2. The maximum absolute atomic E-state index is 12.1. The quantitative estimate of drug-likeness (QED) is 0.198. The van der Waals surface area contributed by atoms with E-state index in [1.54, 1.807) is 7.05 Å². The van der Waals surface area contributed by atoms with Gasteiger partial charge < -0.3 is 39.1 Å². The predicted molar refractivity (Wildman–Crippen MR) is 153 cm³/mol. The molecule has 10 nitrogen and oxygen atoms in total. The Bertz CT molecular complexity index is 938. The number of ether oxygens (including phenoxy) is 6. The molecule has 0 radical (unpaired) electrons. The van der Waals surface area contributed by atoms with Gasteiger partial charge in [0, 0.05) is 52.2 Å². The van der Waals surface area contributed by atoms with Gasteiger partial charge in [0.05, 0.1) is 26.2 Å². The van der Waals surface area contributed by atoms with E-state index in [4.69, 9.17) is 28.4 Å². The number of hydrogen-bond acceptors (Lipinski definition) is 8.